The molecule has 1 unspecified atom stereocenters. The van der Waals surface area contributed by atoms with E-state index in [-0.39, 0.29) is 11.9 Å². The van der Waals surface area contributed by atoms with E-state index in [2.05, 4.69) is 36.3 Å². The third kappa shape index (κ3) is 2.45. The van der Waals surface area contributed by atoms with Gasteiger partial charge >= 0.3 is 0 Å². The van der Waals surface area contributed by atoms with Crippen molar-refractivity contribution in [1.29, 1.82) is 0 Å². The summed E-state index contributed by atoms with van der Waals surface area (Å²) in [6.45, 7) is 2.07. The zero-order valence-corrected chi connectivity index (χ0v) is 10.7. The Hall–Kier alpha value is -2.29. The monoisotopic (exact) mass is 253 g/mol. The minimum Gasteiger partial charge on any atom is -0.508 e. The van der Waals surface area contributed by atoms with Gasteiger partial charge in [-0.1, -0.05) is 47.1 Å². The molecule has 0 saturated heterocycles. The van der Waals surface area contributed by atoms with E-state index in [0.717, 1.165) is 23.3 Å². The Balaban J connectivity index is 1.76. The normalized spacial score (nSPS) is 17.9. The van der Waals surface area contributed by atoms with Crippen molar-refractivity contribution in [3.63, 3.8) is 0 Å². The molecule has 19 heavy (non-hydrogen) atoms. The Morgan fingerprint density at radius 2 is 1.74 bits per heavy atom. The average molecular weight is 253 g/mol. The summed E-state index contributed by atoms with van der Waals surface area (Å²) < 4.78 is 0. The van der Waals surface area contributed by atoms with E-state index in [9.17, 15) is 5.11 Å². The number of oxime groups is 1. The van der Waals surface area contributed by atoms with E-state index in [0.29, 0.717) is 0 Å². The van der Waals surface area contributed by atoms with Crippen LogP contribution in [-0.2, 0) is 4.84 Å². The first-order valence-electron chi connectivity index (χ1n) is 6.31. The van der Waals surface area contributed by atoms with Crippen LogP contribution in [-0.4, -0.2) is 10.8 Å². The maximum atomic E-state index is 9.29. The predicted octanol–water partition coefficient (Wildman–Crippen LogP) is 3.57. The first kappa shape index (κ1) is 11.8. The molecule has 0 spiro atoms. The van der Waals surface area contributed by atoms with Crippen molar-refractivity contribution in [3.05, 3.63) is 65.2 Å². The fourth-order valence-electron chi connectivity index (χ4n) is 2.16. The van der Waals surface area contributed by atoms with Gasteiger partial charge in [-0.05, 0) is 30.2 Å². The van der Waals surface area contributed by atoms with Crippen LogP contribution in [0.4, 0.5) is 0 Å². The van der Waals surface area contributed by atoms with Crippen LogP contribution in [0.1, 0.15) is 29.2 Å². The number of phenolic OH excluding ortho intramolecular Hbond substituents is 1. The van der Waals surface area contributed by atoms with Gasteiger partial charge in [0.05, 0.1) is 5.71 Å². The van der Waals surface area contributed by atoms with Crippen LogP contribution >= 0.6 is 0 Å². The van der Waals surface area contributed by atoms with Gasteiger partial charge in [0.2, 0.25) is 0 Å². The Labute approximate surface area is 112 Å². The standard InChI is InChI=1S/C16H15NO2/c1-11-2-4-12(5-3-11)15-10-16(19-17-15)13-6-8-14(18)9-7-13/h2-9,16,18H,10H2,1H3. The molecule has 96 valence electrons. The Morgan fingerprint density at radius 3 is 2.42 bits per heavy atom. The SMILES string of the molecule is Cc1ccc(C2=NOC(c3ccc(O)cc3)C2)cc1. The Morgan fingerprint density at radius 1 is 1.05 bits per heavy atom. The van der Waals surface area contributed by atoms with Crippen molar-refractivity contribution in [3.8, 4) is 5.75 Å². The number of hydrogen-bond acceptors (Lipinski definition) is 3. The number of rotatable bonds is 2. The fourth-order valence-corrected chi connectivity index (χ4v) is 2.16. The van der Waals surface area contributed by atoms with E-state index in [1.807, 2.05) is 12.1 Å². The second-order valence-corrected chi connectivity index (χ2v) is 4.79. The van der Waals surface area contributed by atoms with Crippen LogP contribution in [0.3, 0.4) is 0 Å². The van der Waals surface area contributed by atoms with Crippen LogP contribution < -0.4 is 0 Å². The quantitative estimate of drug-likeness (QED) is 0.889. The molecule has 0 fully saturated rings. The summed E-state index contributed by atoms with van der Waals surface area (Å²) in [6.07, 6.45) is 0.699. The smallest absolute Gasteiger partial charge is 0.158 e. The third-order valence-corrected chi connectivity index (χ3v) is 3.32. The molecule has 0 amide bonds. The molecule has 0 saturated carbocycles. The zero-order valence-electron chi connectivity index (χ0n) is 10.7. The highest BCUT2D eigenvalue weighted by molar-refractivity contribution is 6.01. The van der Waals surface area contributed by atoms with Crippen molar-refractivity contribution in [2.45, 2.75) is 19.4 Å². The molecule has 0 aromatic heterocycles. The van der Waals surface area contributed by atoms with Crippen molar-refractivity contribution >= 4 is 5.71 Å². The molecule has 1 N–H and O–H groups in total. The number of aryl methyl sites for hydroxylation is 1. The van der Waals surface area contributed by atoms with Crippen molar-refractivity contribution < 1.29 is 9.94 Å². The highest BCUT2D eigenvalue weighted by Crippen LogP contribution is 2.30. The van der Waals surface area contributed by atoms with E-state index < -0.39 is 0 Å². The van der Waals surface area contributed by atoms with Gasteiger partial charge in [-0.3, -0.25) is 0 Å². The van der Waals surface area contributed by atoms with Gasteiger partial charge in [0.1, 0.15) is 5.75 Å². The molecule has 0 radical (unpaired) electrons. The molecule has 2 aromatic rings. The summed E-state index contributed by atoms with van der Waals surface area (Å²) in [5.41, 5.74) is 4.34. The summed E-state index contributed by atoms with van der Waals surface area (Å²) in [5.74, 6) is 0.265. The molecular formula is C16H15NO2. The summed E-state index contributed by atoms with van der Waals surface area (Å²) in [5, 5.41) is 13.5. The second-order valence-electron chi connectivity index (χ2n) is 4.79. The van der Waals surface area contributed by atoms with Gasteiger partial charge in [0, 0.05) is 6.42 Å². The lowest BCUT2D eigenvalue weighted by Gasteiger charge is -2.08. The highest BCUT2D eigenvalue weighted by atomic mass is 16.6. The number of hydrogen-bond donors (Lipinski definition) is 1. The lowest BCUT2D eigenvalue weighted by molar-refractivity contribution is 0.0857. The molecule has 1 aliphatic heterocycles. The summed E-state index contributed by atoms with van der Waals surface area (Å²) >= 11 is 0. The topological polar surface area (TPSA) is 41.8 Å². The van der Waals surface area contributed by atoms with Crippen molar-refractivity contribution in [2.75, 3.05) is 0 Å². The van der Waals surface area contributed by atoms with Crippen molar-refractivity contribution in [2.24, 2.45) is 5.16 Å². The van der Waals surface area contributed by atoms with Crippen LogP contribution in [0.5, 0.6) is 5.75 Å². The Bertz CT molecular complexity index is 600. The minimum absolute atomic E-state index is 0.0584. The van der Waals surface area contributed by atoms with Crippen LogP contribution in [0.25, 0.3) is 0 Å². The van der Waals surface area contributed by atoms with Gasteiger partial charge in [-0.25, -0.2) is 0 Å². The van der Waals surface area contributed by atoms with E-state index >= 15 is 0 Å². The summed E-state index contributed by atoms with van der Waals surface area (Å²) in [4.78, 5) is 5.48. The number of nitrogens with zero attached hydrogens (tertiary/aromatic N) is 1. The first-order valence-corrected chi connectivity index (χ1v) is 6.31. The first-order chi connectivity index (χ1) is 9.22. The van der Waals surface area contributed by atoms with Crippen LogP contribution in [0.2, 0.25) is 0 Å². The maximum absolute atomic E-state index is 9.29. The van der Waals surface area contributed by atoms with E-state index in [1.54, 1.807) is 12.1 Å². The molecule has 0 bridgehead atoms. The molecule has 3 rings (SSSR count). The molecule has 1 atom stereocenters. The number of aromatic hydroxyl groups is 1. The van der Waals surface area contributed by atoms with E-state index in [4.69, 9.17) is 4.84 Å². The summed E-state index contributed by atoms with van der Waals surface area (Å²) in [6, 6.07) is 15.4. The zero-order chi connectivity index (χ0) is 13.2. The molecule has 0 aliphatic carbocycles. The lowest BCUT2D eigenvalue weighted by Crippen LogP contribution is -2.01. The number of phenols is 1. The van der Waals surface area contributed by atoms with Crippen molar-refractivity contribution in [1.82, 2.24) is 0 Å². The molecule has 3 heteroatoms. The minimum atomic E-state index is -0.0584. The molecule has 1 aliphatic rings. The molecule has 3 nitrogen and oxygen atoms in total. The average Bonchev–Trinajstić information content (AvgIpc) is 2.90. The molecular weight excluding hydrogens is 238 g/mol. The lowest BCUT2D eigenvalue weighted by atomic mass is 10.00. The predicted molar refractivity (Wildman–Crippen MR) is 74.3 cm³/mol. The largest absolute Gasteiger partial charge is 0.508 e. The van der Waals surface area contributed by atoms with Gasteiger partial charge in [-0.15, -0.1) is 0 Å². The fraction of sp³-hybridized carbons (Fsp3) is 0.188. The van der Waals surface area contributed by atoms with Gasteiger partial charge in [0.15, 0.2) is 6.10 Å². The van der Waals surface area contributed by atoms with Crippen LogP contribution in [0.15, 0.2) is 53.7 Å². The molecule has 1 heterocycles. The van der Waals surface area contributed by atoms with E-state index in [1.165, 1.54) is 5.56 Å². The van der Waals surface area contributed by atoms with Gasteiger partial charge in [0.25, 0.3) is 0 Å². The maximum Gasteiger partial charge on any atom is 0.158 e. The van der Waals surface area contributed by atoms with Gasteiger partial charge < -0.3 is 9.94 Å². The Kier molecular flexibility index (Phi) is 2.95. The van der Waals surface area contributed by atoms with Crippen LogP contribution in [0, 0.1) is 6.92 Å². The highest BCUT2D eigenvalue weighted by Gasteiger charge is 2.23. The third-order valence-electron chi connectivity index (χ3n) is 3.32. The second kappa shape index (κ2) is 4.76. The number of benzene rings is 2. The summed E-state index contributed by atoms with van der Waals surface area (Å²) in [7, 11) is 0. The molecule has 2 aromatic carbocycles. The van der Waals surface area contributed by atoms with Gasteiger partial charge in [-0.2, -0.15) is 0 Å².